The van der Waals surface area contributed by atoms with Crippen LogP contribution in [-0.2, 0) is 22.7 Å². The maximum Gasteiger partial charge on any atom is 0.313 e. The van der Waals surface area contributed by atoms with Gasteiger partial charge >= 0.3 is 11.8 Å². The van der Waals surface area contributed by atoms with Gasteiger partial charge in [-0.2, -0.15) is 0 Å². The molecule has 1 aromatic heterocycles. The van der Waals surface area contributed by atoms with E-state index in [-0.39, 0.29) is 0 Å². The number of amides is 2. The van der Waals surface area contributed by atoms with E-state index in [1.54, 1.807) is 23.9 Å². The predicted octanol–water partition coefficient (Wildman–Crippen LogP) is 1.69. The summed E-state index contributed by atoms with van der Waals surface area (Å²) in [5, 5.41) is 16.7. The van der Waals surface area contributed by atoms with Crippen LogP contribution in [0.15, 0.2) is 54.7 Å². The van der Waals surface area contributed by atoms with Crippen LogP contribution in [0.5, 0.6) is 0 Å². The third-order valence-electron chi connectivity index (χ3n) is 4.62. The summed E-state index contributed by atoms with van der Waals surface area (Å²) in [4.78, 5) is 24.5. The summed E-state index contributed by atoms with van der Waals surface area (Å²) in [7, 11) is 0. The number of nitrogens with one attached hydrogen (secondary N) is 3. The fourth-order valence-electron chi connectivity index (χ4n) is 3.08. The van der Waals surface area contributed by atoms with Crippen LogP contribution >= 0.6 is 0 Å². The Kier molecular flexibility index (Phi) is 4.86. The van der Waals surface area contributed by atoms with E-state index in [1.165, 1.54) is 5.56 Å². The lowest BCUT2D eigenvalue weighted by atomic mass is 10.1. The number of hydrogen-bond acceptors (Lipinski definition) is 5. The van der Waals surface area contributed by atoms with E-state index >= 15 is 0 Å². The van der Waals surface area contributed by atoms with Crippen LogP contribution in [-0.4, -0.2) is 26.8 Å². The van der Waals surface area contributed by atoms with Crippen LogP contribution in [0.25, 0.3) is 5.69 Å². The highest BCUT2D eigenvalue weighted by molar-refractivity contribution is 6.39. The van der Waals surface area contributed by atoms with Crippen molar-refractivity contribution in [2.45, 2.75) is 26.1 Å². The molecule has 28 heavy (non-hydrogen) atoms. The van der Waals surface area contributed by atoms with Gasteiger partial charge in [0.25, 0.3) is 0 Å². The molecule has 3 N–H and O–H groups in total. The Morgan fingerprint density at radius 2 is 1.86 bits per heavy atom. The Labute approximate surface area is 161 Å². The van der Waals surface area contributed by atoms with E-state index in [2.05, 4.69) is 26.3 Å². The maximum absolute atomic E-state index is 12.3. The first-order chi connectivity index (χ1) is 13.6. The summed E-state index contributed by atoms with van der Waals surface area (Å²) in [5.41, 5.74) is 4.36. The molecule has 0 radical (unpaired) electrons. The van der Waals surface area contributed by atoms with Crippen LogP contribution in [0.2, 0.25) is 0 Å². The number of anilines is 1. The monoisotopic (exact) mass is 376 g/mol. The fourth-order valence-corrected chi connectivity index (χ4v) is 3.08. The third-order valence-corrected chi connectivity index (χ3v) is 4.62. The molecule has 0 spiro atoms. The van der Waals surface area contributed by atoms with Gasteiger partial charge in [0, 0.05) is 18.8 Å². The van der Waals surface area contributed by atoms with E-state index in [1.807, 2.05) is 42.5 Å². The number of benzene rings is 2. The Bertz CT molecular complexity index is 1010. The second-order valence-electron chi connectivity index (χ2n) is 6.66. The van der Waals surface area contributed by atoms with E-state index in [0.29, 0.717) is 11.4 Å². The van der Waals surface area contributed by atoms with Gasteiger partial charge in [-0.25, -0.2) is 4.68 Å². The highest BCUT2D eigenvalue weighted by Gasteiger charge is 2.20. The molecule has 0 fully saturated rings. The van der Waals surface area contributed by atoms with Gasteiger partial charge in [0.2, 0.25) is 0 Å². The number of fused-ring (bicyclic) bond motifs is 1. The van der Waals surface area contributed by atoms with Crippen molar-refractivity contribution in [3.05, 3.63) is 71.5 Å². The van der Waals surface area contributed by atoms with Crippen molar-refractivity contribution >= 4 is 17.5 Å². The molecule has 8 heteroatoms. The van der Waals surface area contributed by atoms with Gasteiger partial charge in [-0.1, -0.05) is 29.5 Å². The molecular formula is C20H20N6O2. The van der Waals surface area contributed by atoms with Gasteiger partial charge < -0.3 is 16.0 Å². The molecule has 3 aromatic rings. The number of aromatic nitrogens is 3. The van der Waals surface area contributed by atoms with E-state index in [4.69, 9.17) is 0 Å². The predicted molar refractivity (Wildman–Crippen MR) is 104 cm³/mol. The quantitative estimate of drug-likeness (QED) is 0.602. The van der Waals surface area contributed by atoms with Gasteiger partial charge in [-0.15, -0.1) is 5.10 Å². The van der Waals surface area contributed by atoms with Crippen molar-refractivity contribution in [2.75, 3.05) is 5.32 Å². The Morgan fingerprint density at radius 1 is 1.07 bits per heavy atom. The SMILES string of the molecule is CC(NC(=O)C(=O)Nc1ccc2c(c1)CNC2)c1cn(-c2ccccc2)nn1. The molecule has 1 unspecified atom stereocenters. The summed E-state index contributed by atoms with van der Waals surface area (Å²) in [6, 6.07) is 14.7. The topological polar surface area (TPSA) is 101 Å². The first kappa shape index (κ1) is 17.9. The van der Waals surface area contributed by atoms with Crippen molar-refractivity contribution in [2.24, 2.45) is 0 Å². The molecule has 2 aromatic carbocycles. The second kappa shape index (κ2) is 7.61. The minimum atomic E-state index is -0.722. The van der Waals surface area contributed by atoms with Crippen LogP contribution < -0.4 is 16.0 Å². The Hall–Kier alpha value is -3.52. The fraction of sp³-hybridized carbons (Fsp3) is 0.200. The Balaban J connectivity index is 1.37. The minimum absolute atomic E-state index is 0.458. The van der Waals surface area contributed by atoms with Crippen molar-refractivity contribution in [1.29, 1.82) is 0 Å². The van der Waals surface area contributed by atoms with Gasteiger partial charge in [0.1, 0.15) is 5.69 Å². The number of nitrogens with zero attached hydrogens (tertiary/aromatic N) is 3. The van der Waals surface area contributed by atoms with Crippen molar-refractivity contribution in [3.63, 3.8) is 0 Å². The number of para-hydroxylation sites is 1. The second-order valence-corrected chi connectivity index (χ2v) is 6.66. The molecule has 8 nitrogen and oxygen atoms in total. The molecule has 1 atom stereocenters. The lowest BCUT2D eigenvalue weighted by Crippen LogP contribution is -2.37. The molecule has 142 valence electrons. The smallest absolute Gasteiger partial charge is 0.313 e. The zero-order valence-corrected chi connectivity index (χ0v) is 15.3. The first-order valence-corrected chi connectivity index (χ1v) is 9.02. The number of carbonyl (C=O) groups excluding carboxylic acids is 2. The highest BCUT2D eigenvalue weighted by atomic mass is 16.2. The lowest BCUT2D eigenvalue weighted by molar-refractivity contribution is -0.136. The average Bonchev–Trinajstić information content (AvgIpc) is 3.38. The van der Waals surface area contributed by atoms with Gasteiger partial charge in [0.15, 0.2) is 0 Å². The standard InChI is InChI=1S/C20H20N6O2/c1-13(18-12-26(25-24-18)17-5-3-2-4-6-17)22-19(27)20(28)23-16-8-7-14-10-21-11-15(14)9-16/h2-9,12-13,21H,10-11H2,1H3,(H,22,27)(H,23,28). The van der Waals surface area contributed by atoms with E-state index in [9.17, 15) is 9.59 Å². The number of carbonyl (C=O) groups is 2. The van der Waals surface area contributed by atoms with Crippen LogP contribution in [0.1, 0.15) is 29.8 Å². The zero-order chi connectivity index (χ0) is 19.5. The van der Waals surface area contributed by atoms with Gasteiger partial charge in [-0.05, 0) is 42.3 Å². The molecule has 2 amide bonds. The van der Waals surface area contributed by atoms with E-state index < -0.39 is 17.9 Å². The van der Waals surface area contributed by atoms with Crippen LogP contribution in [0.4, 0.5) is 5.69 Å². The summed E-state index contributed by atoms with van der Waals surface area (Å²) in [6.07, 6.45) is 1.73. The molecule has 1 aliphatic heterocycles. The van der Waals surface area contributed by atoms with Crippen molar-refractivity contribution < 1.29 is 9.59 Å². The largest absolute Gasteiger partial charge is 0.340 e. The normalized spacial score (nSPS) is 13.6. The summed E-state index contributed by atoms with van der Waals surface area (Å²) < 4.78 is 1.62. The van der Waals surface area contributed by atoms with Crippen LogP contribution in [0, 0.1) is 0 Å². The number of rotatable bonds is 4. The van der Waals surface area contributed by atoms with Gasteiger partial charge in [0.05, 0.1) is 17.9 Å². The van der Waals surface area contributed by atoms with Crippen molar-refractivity contribution in [3.8, 4) is 5.69 Å². The molecular weight excluding hydrogens is 356 g/mol. The average molecular weight is 376 g/mol. The summed E-state index contributed by atoms with van der Waals surface area (Å²) >= 11 is 0. The lowest BCUT2D eigenvalue weighted by Gasteiger charge is -2.11. The highest BCUT2D eigenvalue weighted by Crippen LogP contribution is 2.20. The molecule has 4 rings (SSSR count). The van der Waals surface area contributed by atoms with Crippen molar-refractivity contribution in [1.82, 2.24) is 25.6 Å². The first-order valence-electron chi connectivity index (χ1n) is 9.02. The minimum Gasteiger partial charge on any atom is -0.340 e. The zero-order valence-electron chi connectivity index (χ0n) is 15.3. The molecule has 0 aliphatic carbocycles. The van der Waals surface area contributed by atoms with E-state index in [0.717, 1.165) is 24.3 Å². The molecule has 0 bridgehead atoms. The molecule has 0 saturated carbocycles. The maximum atomic E-state index is 12.3. The molecule has 0 saturated heterocycles. The number of hydrogen-bond donors (Lipinski definition) is 3. The third kappa shape index (κ3) is 3.77. The van der Waals surface area contributed by atoms with Gasteiger partial charge in [-0.3, -0.25) is 9.59 Å². The summed E-state index contributed by atoms with van der Waals surface area (Å²) in [6.45, 7) is 3.34. The molecule has 1 aliphatic rings. The Morgan fingerprint density at radius 3 is 2.68 bits per heavy atom. The summed E-state index contributed by atoms with van der Waals surface area (Å²) in [5.74, 6) is -1.44. The molecule has 2 heterocycles. The van der Waals surface area contributed by atoms with Crippen LogP contribution in [0.3, 0.4) is 0 Å².